The van der Waals surface area contributed by atoms with Crippen molar-refractivity contribution in [3.05, 3.63) is 58.4 Å². The summed E-state index contributed by atoms with van der Waals surface area (Å²) in [6.45, 7) is 0.208. The topological polar surface area (TPSA) is 84.7 Å². The Balaban J connectivity index is 0.00000208. The molecule has 0 atom stereocenters. The van der Waals surface area contributed by atoms with Gasteiger partial charge in [0.1, 0.15) is 0 Å². The molecule has 0 unspecified atom stereocenters. The molecule has 0 aliphatic rings. The van der Waals surface area contributed by atoms with E-state index in [2.05, 4.69) is 15.0 Å². The Morgan fingerprint density at radius 1 is 1.08 bits per heavy atom. The maximum absolute atomic E-state index is 12.5. The number of rotatable bonds is 2. The van der Waals surface area contributed by atoms with Gasteiger partial charge in [-0.05, 0) is 17.7 Å². The fourth-order valence-corrected chi connectivity index (χ4v) is 2.22. The first-order valence-electron chi connectivity index (χ1n) is 6.64. The molecule has 0 bridgehead atoms. The molecular formula is C15H12ClF3N4O. The van der Waals surface area contributed by atoms with Gasteiger partial charge in [0.15, 0.2) is 5.43 Å². The van der Waals surface area contributed by atoms with Crippen molar-refractivity contribution in [2.24, 2.45) is 5.73 Å². The summed E-state index contributed by atoms with van der Waals surface area (Å²) in [5.41, 5.74) is 7.44. The van der Waals surface area contributed by atoms with E-state index in [0.717, 1.165) is 12.4 Å². The normalized spacial score (nSPS) is 11.3. The van der Waals surface area contributed by atoms with E-state index in [9.17, 15) is 18.0 Å². The summed E-state index contributed by atoms with van der Waals surface area (Å²) in [7, 11) is 0. The molecule has 3 rings (SSSR count). The molecule has 3 N–H and O–H groups in total. The van der Waals surface area contributed by atoms with Gasteiger partial charge in [0, 0.05) is 47.2 Å². The summed E-state index contributed by atoms with van der Waals surface area (Å²) in [4.78, 5) is 21.7. The maximum Gasteiger partial charge on any atom is 0.451 e. The van der Waals surface area contributed by atoms with Crippen LogP contribution in [0.5, 0.6) is 0 Å². The highest BCUT2D eigenvalue weighted by Crippen LogP contribution is 2.27. The average Bonchev–Trinajstić information content (AvgIpc) is 2.53. The molecule has 2 heterocycles. The molecule has 126 valence electrons. The third kappa shape index (κ3) is 3.39. The second-order valence-corrected chi connectivity index (χ2v) is 4.92. The van der Waals surface area contributed by atoms with Crippen LogP contribution in [0.1, 0.15) is 11.5 Å². The van der Waals surface area contributed by atoms with Crippen LogP contribution in [-0.4, -0.2) is 15.0 Å². The summed E-state index contributed by atoms with van der Waals surface area (Å²) >= 11 is 0. The third-order valence-electron chi connectivity index (χ3n) is 3.34. The number of H-pyrrole nitrogens is 1. The quantitative estimate of drug-likeness (QED) is 0.739. The van der Waals surface area contributed by atoms with E-state index in [1.54, 1.807) is 18.2 Å². The van der Waals surface area contributed by atoms with Crippen LogP contribution in [0.4, 0.5) is 13.2 Å². The fourth-order valence-electron chi connectivity index (χ4n) is 2.22. The van der Waals surface area contributed by atoms with E-state index in [1.807, 2.05) is 0 Å². The molecule has 5 nitrogen and oxygen atoms in total. The van der Waals surface area contributed by atoms with Gasteiger partial charge < -0.3 is 10.7 Å². The summed E-state index contributed by atoms with van der Waals surface area (Å²) in [5, 5.41) is 0.416. The van der Waals surface area contributed by atoms with E-state index >= 15 is 0 Å². The van der Waals surface area contributed by atoms with Crippen molar-refractivity contribution in [1.82, 2.24) is 15.0 Å². The van der Waals surface area contributed by atoms with E-state index < -0.39 is 12.0 Å². The molecule has 0 spiro atoms. The van der Waals surface area contributed by atoms with E-state index in [4.69, 9.17) is 5.73 Å². The molecule has 9 heteroatoms. The number of nitrogens with two attached hydrogens (primary N) is 1. The van der Waals surface area contributed by atoms with Crippen molar-refractivity contribution in [3.63, 3.8) is 0 Å². The Hall–Kier alpha value is -2.45. The summed E-state index contributed by atoms with van der Waals surface area (Å²) in [5.74, 6) is -1.20. The third-order valence-corrected chi connectivity index (χ3v) is 3.34. The van der Waals surface area contributed by atoms with Crippen molar-refractivity contribution in [1.29, 1.82) is 0 Å². The largest absolute Gasteiger partial charge is 0.451 e. The lowest BCUT2D eigenvalue weighted by molar-refractivity contribution is -0.144. The first-order valence-corrected chi connectivity index (χ1v) is 6.64. The first-order chi connectivity index (χ1) is 10.9. The molecule has 0 saturated heterocycles. The van der Waals surface area contributed by atoms with Gasteiger partial charge in [-0.15, -0.1) is 12.4 Å². The molecule has 0 saturated carbocycles. The number of aromatic nitrogens is 3. The minimum absolute atomic E-state index is 0. The Morgan fingerprint density at radius 3 is 2.33 bits per heavy atom. The average molecular weight is 357 g/mol. The van der Waals surface area contributed by atoms with Crippen LogP contribution in [0.2, 0.25) is 0 Å². The Morgan fingerprint density at radius 2 is 1.75 bits per heavy atom. The summed E-state index contributed by atoms with van der Waals surface area (Å²) in [6, 6.07) is 6.32. The second-order valence-electron chi connectivity index (χ2n) is 4.92. The number of nitrogens with zero attached hydrogens (tertiary/aromatic N) is 2. The van der Waals surface area contributed by atoms with Gasteiger partial charge in [-0.3, -0.25) is 4.79 Å². The zero-order valence-electron chi connectivity index (χ0n) is 12.1. The second kappa shape index (κ2) is 6.58. The first kappa shape index (κ1) is 17.9. The van der Waals surface area contributed by atoms with Crippen LogP contribution in [0, 0.1) is 0 Å². The van der Waals surface area contributed by atoms with E-state index in [-0.39, 0.29) is 24.4 Å². The molecule has 1 aromatic carbocycles. The highest BCUT2D eigenvalue weighted by Gasteiger charge is 2.34. The Kier molecular flexibility index (Phi) is 4.91. The van der Waals surface area contributed by atoms with E-state index in [1.165, 1.54) is 6.07 Å². The predicted molar refractivity (Wildman–Crippen MR) is 85.7 cm³/mol. The number of nitrogens with one attached hydrogen (secondary N) is 1. The molecule has 0 amide bonds. The molecule has 0 radical (unpaired) electrons. The monoisotopic (exact) mass is 356 g/mol. The number of benzene rings is 1. The molecule has 3 aromatic rings. The highest BCUT2D eigenvalue weighted by atomic mass is 35.5. The van der Waals surface area contributed by atoms with Gasteiger partial charge >= 0.3 is 6.18 Å². The van der Waals surface area contributed by atoms with Gasteiger partial charge in [-0.1, -0.05) is 6.07 Å². The number of fused-ring (bicyclic) bond motifs is 1. The van der Waals surface area contributed by atoms with Crippen molar-refractivity contribution in [2.75, 3.05) is 0 Å². The molecule has 0 fully saturated rings. The molecule has 2 aromatic heterocycles. The van der Waals surface area contributed by atoms with Gasteiger partial charge in [-0.2, -0.15) is 13.2 Å². The zero-order valence-corrected chi connectivity index (χ0v) is 12.9. The highest BCUT2D eigenvalue weighted by molar-refractivity contribution is 5.85. The van der Waals surface area contributed by atoms with Crippen LogP contribution < -0.4 is 11.2 Å². The van der Waals surface area contributed by atoms with Crippen molar-refractivity contribution >= 4 is 23.3 Å². The fraction of sp³-hybridized carbons (Fsp3) is 0.133. The summed E-state index contributed by atoms with van der Waals surface area (Å²) in [6.07, 6.45) is -2.42. The number of halogens is 4. The van der Waals surface area contributed by atoms with Crippen LogP contribution in [0.25, 0.3) is 22.0 Å². The zero-order chi connectivity index (χ0) is 16.6. The van der Waals surface area contributed by atoms with E-state index in [0.29, 0.717) is 27.7 Å². The number of alkyl halides is 3. The molecule has 24 heavy (non-hydrogen) atoms. The predicted octanol–water partition coefficient (Wildman–Crippen LogP) is 2.88. The molecule has 0 aliphatic heterocycles. The van der Waals surface area contributed by atoms with Crippen molar-refractivity contribution in [2.45, 2.75) is 12.7 Å². The summed E-state index contributed by atoms with van der Waals surface area (Å²) < 4.78 is 37.4. The SMILES string of the molecule is Cl.NCc1cc(=O)c2cc(-c3cnc(C(F)(F)F)nc3)ccc2[nH]1. The van der Waals surface area contributed by atoms with Crippen LogP contribution >= 0.6 is 12.4 Å². The van der Waals surface area contributed by atoms with Gasteiger partial charge in [0.2, 0.25) is 5.82 Å². The minimum atomic E-state index is -4.59. The Labute approximate surface area is 140 Å². The minimum Gasteiger partial charge on any atom is -0.357 e. The van der Waals surface area contributed by atoms with Crippen LogP contribution in [-0.2, 0) is 12.7 Å². The van der Waals surface area contributed by atoms with Gasteiger partial charge in [0.25, 0.3) is 0 Å². The number of hydrogen-bond acceptors (Lipinski definition) is 4. The maximum atomic E-state index is 12.5. The van der Waals surface area contributed by atoms with Crippen LogP contribution in [0.3, 0.4) is 0 Å². The lowest BCUT2D eigenvalue weighted by Gasteiger charge is -2.07. The van der Waals surface area contributed by atoms with Crippen molar-refractivity contribution < 1.29 is 13.2 Å². The lowest BCUT2D eigenvalue weighted by atomic mass is 10.1. The van der Waals surface area contributed by atoms with Crippen LogP contribution in [0.15, 0.2) is 41.5 Å². The lowest BCUT2D eigenvalue weighted by Crippen LogP contribution is -2.10. The number of aromatic amines is 1. The molecular weight excluding hydrogens is 345 g/mol. The molecule has 0 aliphatic carbocycles. The smallest absolute Gasteiger partial charge is 0.357 e. The van der Waals surface area contributed by atoms with Gasteiger partial charge in [-0.25, -0.2) is 9.97 Å². The van der Waals surface area contributed by atoms with Gasteiger partial charge in [0.05, 0.1) is 0 Å². The number of hydrogen-bond donors (Lipinski definition) is 2. The van der Waals surface area contributed by atoms with Crippen molar-refractivity contribution in [3.8, 4) is 11.1 Å². The Bertz CT molecular complexity index is 923. The standard InChI is InChI=1S/C15H11F3N4O.ClH/c16-15(17,18)14-20-6-9(7-21-14)8-1-2-12-11(3-8)13(23)4-10(5-19)22-12;/h1-4,6-7H,5,19H2,(H,22,23);1H. The number of pyridine rings is 1.